The third kappa shape index (κ3) is 9.28. The average molecular weight is 414 g/mol. The van der Waals surface area contributed by atoms with Crippen LogP contribution in [0.2, 0.25) is 0 Å². The molecule has 120 valence electrons. The van der Waals surface area contributed by atoms with E-state index < -0.39 is 0 Å². The molecule has 0 saturated carbocycles. The number of unbranched alkanes of at least 4 members (excludes halogenated alkanes) is 1. The molecule has 1 aliphatic rings. The second-order valence-corrected chi connectivity index (χ2v) is 6.31. The number of nitrogens with zero attached hydrogens (tertiary/aromatic N) is 2. The van der Waals surface area contributed by atoms with Crippen LogP contribution in [0.25, 0.3) is 0 Å². The van der Waals surface area contributed by atoms with E-state index in [0.29, 0.717) is 0 Å². The SMILES string of the molecule is CN=C(NCCCCSC)NCC1CCN(C)CC1.I. The topological polar surface area (TPSA) is 39.7 Å². The fourth-order valence-electron chi connectivity index (χ4n) is 2.31. The summed E-state index contributed by atoms with van der Waals surface area (Å²) in [4.78, 5) is 6.70. The van der Waals surface area contributed by atoms with Gasteiger partial charge in [-0.1, -0.05) is 0 Å². The number of nitrogens with one attached hydrogen (secondary N) is 2. The molecule has 0 atom stereocenters. The van der Waals surface area contributed by atoms with Crippen LogP contribution in [-0.4, -0.2) is 63.1 Å². The molecule has 1 saturated heterocycles. The van der Waals surface area contributed by atoms with Crippen LogP contribution in [0, 0.1) is 5.92 Å². The Morgan fingerprint density at radius 3 is 2.55 bits per heavy atom. The molecule has 0 bridgehead atoms. The van der Waals surface area contributed by atoms with Crippen molar-refractivity contribution in [3.05, 3.63) is 0 Å². The molecule has 1 aliphatic heterocycles. The lowest BCUT2D eigenvalue weighted by molar-refractivity contribution is 0.220. The Hall–Kier alpha value is 0.310. The highest BCUT2D eigenvalue weighted by molar-refractivity contribution is 14.0. The first-order chi connectivity index (χ1) is 9.26. The zero-order valence-corrected chi connectivity index (χ0v) is 16.3. The van der Waals surface area contributed by atoms with E-state index in [2.05, 4.69) is 33.8 Å². The first-order valence-electron chi connectivity index (χ1n) is 7.38. The lowest BCUT2D eigenvalue weighted by Gasteiger charge is -2.29. The van der Waals surface area contributed by atoms with E-state index >= 15 is 0 Å². The Balaban J connectivity index is 0.00000361. The number of guanidine groups is 1. The summed E-state index contributed by atoms with van der Waals surface area (Å²) in [5.74, 6) is 3.01. The number of likely N-dealkylation sites (tertiary alicyclic amines) is 1. The molecule has 20 heavy (non-hydrogen) atoms. The van der Waals surface area contributed by atoms with Gasteiger partial charge in [0.1, 0.15) is 0 Å². The molecule has 0 aromatic rings. The maximum absolute atomic E-state index is 4.28. The normalized spacial score (nSPS) is 17.6. The number of hydrogen-bond acceptors (Lipinski definition) is 3. The average Bonchev–Trinajstić information content (AvgIpc) is 2.44. The quantitative estimate of drug-likeness (QED) is 0.290. The minimum atomic E-state index is 0. The van der Waals surface area contributed by atoms with E-state index in [1.54, 1.807) is 0 Å². The summed E-state index contributed by atoms with van der Waals surface area (Å²) in [6.45, 7) is 4.53. The Bertz CT molecular complexity index is 256. The molecule has 0 radical (unpaired) electrons. The van der Waals surface area contributed by atoms with Gasteiger partial charge in [0.05, 0.1) is 0 Å². The molecule has 1 heterocycles. The molecule has 0 aromatic heterocycles. The van der Waals surface area contributed by atoms with Crippen LogP contribution in [0.15, 0.2) is 4.99 Å². The van der Waals surface area contributed by atoms with Crippen molar-refractivity contribution in [3.63, 3.8) is 0 Å². The number of thioether (sulfide) groups is 1. The van der Waals surface area contributed by atoms with Crippen molar-refractivity contribution in [2.24, 2.45) is 10.9 Å². The van der Waals surface area contributed by atoms with Crippen LogP contribution in [0.3, 0.4) is 0 Å². The van der Waals surface area contributed by atoms with Crippen LogP contribution in [0.4, 0.5) is 0 Å². The maximum Gasteiger partial charge on any atom is 0.190 e. The zero-order valence-electron chi connectivity index (χ0n) is 13.2. The molecule has 0 amide bonds. The van der Waals surface area contributed by atoms with Crippen molar-refractivity contribution in [1.82, 2.24) is 15.5 Å². The lowest BCUT2D eigenvalue weighted by Crippen LogP contribution is -2.42. The van der Waals surface area contributed by atoms with Gasteiger partial charge >= 0.3 is 0 Å². The second-order valence-electron chi connectivity index (χ2n) is 5.33. The third-order valence-electron chi connectivity index (χ3n) is 3.69. The smallest absolute Gasteiger partial charge is 0.190 e. The van der Waals surface area contributed by atoms with Crippen LogP contribution in [-0.2, 0) is 0 Å². The van der Waals surface area contributed by atoms with Crippen LogP contribution >= 0.6 is 35.7 Å². The van der Waals surface area contributed by atoms with Gasteiger partial charge < -0.3 is 15.5 Å². The highest BCUT2D eigenvalue weighted by Crippen LogP contribution is 2.14. The van der Waals surface area contributed by atoms with E-state index in [-0.39, 0.29) is 24.0 Å². The standard InChI is InChI=1S/C14H30N4S.HI/c1-15-14(16-8-4-5-11-19-3)17-12-13-6-9-18(2)10-7-13;/h13H,4-12H2,1-3H3,(H2,15,16,17);1H. The minimum absolute atomic E-state index is 0. The molecule has 0 aliphatic carbocycles. The molecule has 4 nitrogen and oxygen atoms in total. The number of hydrogen-bond donors (Lipinski definition) is 2. The van der Waals surface area contributed by atoms with Gasteiger partial charge in [-0.3, -0.25) is 4.99 Å². The molecule has 1 fully saturated rings. The predicted molar refractivity (Wildman–Crippen MR) is 103 cm³/mol. The first kappa shape index (κ1) is 20.3. The van der Waals surface area contributed by atoms with Crippen LogP contribution in [0.1, 0.15) is 25.7 Å². The zero-order chi connectivity index (χ0) is 13.9. The molecule has 1 rings (SSSR count). The molecule has 0 aromatic carbocycles. The van der Waals surface area contributed by atoms with Gasteiger partial charge in [-0.15, -0.1) is 24.0 Å². The number of halogens is 1. The second kappa shape index (κ2) is 13.0. The van der Waals surface area contributed by atoms with Gasteiger partial charge in [0.2, 0.25) is 0 Å². The summed E-state index contributed by atoms with van der Waals surface area (Å²) in [5.41, 5.74) is 0. The highest BCUT2D eigenvalue weighted by atomic mass is 127. The Morgan fingerprint density at radius 2 is 1.95 bits per heavy atom. The van der Waals surface area contributed by atoms with E-state index in [9.17, 15) is 0 Å². The van der Waals surface area contributed by atoms with Gasteiger partial charge in [-0.2, -0.15) is 11.8 Å². The molecular weight excluding hydrogens is 383 g/mol. The van der Waals surface area contributed by atoms with E-state index in [1.807, 2.05) is 18.8 Å². The Kier molecular flexibility index (Phi) is 13.2. The third-order valence-corrected chi connectivity index (χ3v) is 4.38. The summed E-state index contributed by atoms with van der Waals surface area (Å²) >= 11 is 1.92. The maximum atomic E-state index is 4.28. The number of piperidine rings is 1. The van der Waals surface area contributed by atoms with Crippen molar-refractivity contribution in [1.29, 1.82) is 0 Å². The van der Waals surface area contributed by atoms with Crippen molar-refractivity contribution in [2.45, 2.75) is 25.7 Å². The van der Waals surface area contributed by atoms with Crippen molar-refractivity contribution < 1.29 is 0 Å². The van der Waals surface area contributed by atoms with E-state index in [1.165, 1.54) is 44.5 Å². The van der Waals surface area contributed by atoms with Gasteiger partial charge in [0.25, 0.3) is 0 Å². The highest BCUT2D eigenvalue weighted by Gasteiger charge is 2.16. The van der Waals surface area contributed by atoms with Gasteiger partial charge in [0, 0.05) is 20.1 Å². The minimum Gasteiger partial charge on any atom is -0.356 e. The van der Waals surface area contributed by atoms with Gasteiger partial charge in [0.15, 0.2) is 5.96 Å². The summed E-state index contributed by atoms with van der Waals surface area (Å²) in [6.07, 6.45) is 7.26. The van der Waals surface area contributed by atoms with E-state index in [4.69, 9.17) is 0 Å². The predicted octanol–water partition coefficient (Wildman–Crippen LogP) is 2.25. The summed E-state index contributed by atoms with van der Waals surface area (Å²) in [7, 11) is 4.06. The number of rotatable bonds is 7. The van der Waals surface area contributed by atoms with E-state index in [0.717, 1.165) is 25.0 Å². The van der Waals surface area contributed by atoms with Crippen molar-refractivity contribution in [3.8, 4) is 0 Å². The summed E-state index contributed by atoms with van der Waals surface area (Å²) in [5, 5.41) is 6.86. The summed E-state index contributed by atoms with van der Waals surface area (Å²) < 4.78 is 0. The summed E-state index contributed by atoms with van der Waals surface area (Å²) in [6, 6.07) is 0. The Labute approximate surface area is 145 Å². The van der Waals surface area contributed by atoms with Crippen molar-refractivity contribution >= 4 is 41.7 Å². The van der Waals surface area contributed by atoms with Gasteiger partial charge in [-0.25, -0.2) is 0 Å². The number of aliphatic imine (C=N–C) groups is 1. The molecular formula is C14H31IN4S. The lowest BCUT2D eigenvalue weighted by atomic mass is 9.97. The van der Waals surface area contributed by atoms with Crippen molar-refractivity contribution in [2.75, 3.05) is 52.3 Å². The van der Waals surface area contributed by atoms with Crippen LogP contribution in [0.5, 0.6) is 0 Å². The molecule has 6 heteroatoms. The largest absolute Gasteiger partial charge is 0.356 e. The molecule has 2 N–H and O–H groups in total. The Morgan fingerprint density at radius 1 is 1.25 bits per heavy atom. The molecule has 0 unspecified atom stereocenters. The fraction of sp³-hybridized carbons (Fsp3) is 0.929. The first-order valence-corrected chi connectivity index (χ1v) is 8.77. The van der Waals surface area contributed by atoms with Crippen LogP contribution < -0.4 is 10.6 Å². The monoisotopic (exact) mass is 414 g/mol. The van der Waals surface area contributed by atoms with Gasteiger partial charge in [-0.05, 0) is 63.7 Å². The fourth-order valence-corrected chi connectivity index (χ4v) is 2.80. The molecule has 0 spiro atoms.